The van der Waals surface area contributed by atoms with E-state index in [0.29, 0.717) is 56.8 Å². The zero-order chi connectivity index (χ0) is 27.6. The zero-order valence-corrected chi connectivity index (χ0v) is 21.5. The highest BCUT2D eigenvalue weighted by Gasteiger charge is 2.10. The Morgan fingerprint density at radius 3 is 1.38 bits per heavy atom. The quantitative estimate of drug-likeness (QED) is 0.153. The maximum Gasteiger partial charge on any atom is 0.224 e. The van der Waals surface area contributed by atoms with Gasteiger partial charge in [-0.1, -0.05) is 24.3 Å². The molecule has 0 atom stereocenters. The lowest BCUT2D eigenvalue weighted by atomic mass is 10.1. The molecule has 0 saturated heterocycles. The average molecular weight is 531 g/mol. The first kappa shape index (κ1) is 25.1. The normalized spacial score (nSPS) is 11.3. The van der Waals surface area contributed by atoms with Crippen molar-refractivity contribution < 1.29 is 9.59 Å². The minimum absolute atomic E-state index is 0.0872. The molecule has 4 N–H and O–H groups in total. The fourth-order valence-corrected chi connectivity index (χ4v) is 5.02. The number of nitrogens with one attached hydrogen (secondary N) is 4. The number of para-hydroxylation sites is 2. The van der Waals surface area contributed by atoms with Gasteiger partial charge in [0.15, 0.2) is 10.9 Å². The monoisotopic (exact) mass is 530 g/mol. The van der Waals surface area contributed by atoms with Crippen LogP contribution in [0.5, 0.6) is 0 Å². The molecule has 8 heteroatoms. The van der Waals surface area contributed by atoms with E-state index in [0.717, 1.165) is 11.0 Å². The van der Waals surface area contributed by atoms with E-state index in [1.54, 1.807) is 48.5 Å². The summed E-state index contributed by atoms with van der Waals surface area (Å²) >= 11 is 0. The molecule has 198 valence electrons. The number of aromatic nitrogens is 2. The molecule has 0 fully saturated rings. The molecule has 40 heavy (non-hydrogen) atoms. The van der Waals surface area contributed by atoms with E-state index in [1.807, 2.05) is 36.4 Å². The highest BCUT2D eigenvalue weighted by atomic mass is 16.2. The summed E-state index contributed by atoms with van der Waals surface area (Å²) in [7, 11) is 0. The third-order valence-electron chi connectivity index (χ3n) is 7.04. The van der Waals surface area contributed by atoms with Crippen LogP contribution in [0, 0.1) is 0 Å². The standard InChI is InChI=1S/C32H26N4O4/c37-29(33-19-13-15-27-23(17-19)31(39)21-7-1-3-9-25(21)35-27)11-5-6-12-30(38)34-20-14-16-28-24(18-20)32(40)22-8-2-4-10-26(22)36-28/h1-4,7-10,13-18H,5-6,11-12H2,(H,33,37)(H,34,38)(H,35,39)(H,36,40). The number of pyridine rings is 2. The number of H-pyrrole nitrogens is 2. The van der Waals surface area contributed by atoms with E-state index in [4.69, 9.17) is 0 Å². The van der Waals surface area contributed by atoms with E-state index in [2.05, 4.69) is 20.6 Å². The van der Waals surface area contributed by atoms with Gasteiger partial charge in [-0.15, -0.1) is 0 Å². The summed E-state index contributed by atoms with van der Waals surface area (Å²) in [6, 6.07) is 25.1. The third-order valence-corrected chi connectivity index (χ3v) is 7.04. The van der Waals surface area contributed by atoms with Gasteiger partial charge in [-0.3, -0.25) is 19.2 Å². The van der Waals surface area contributed by atoms with Crippen LogP contribution < -0.4 is 21.5 Å². The summed E-state index contributed by atoms with van der Waals surface area (Å²) in [4.78, 5) is 57.3. The Balaban J connectivity index is 1.03. The van der Waals surface area contributed by atoms with Crippen LogP contribution in [0.4, 0.5) is 11.4 Å². The van der Waals surface area contributed by atoms with Crippen molar-refractivity contribution in [1.82, 2.24) is 9.97 Å². The molecule has 0 aliphatic heterocycles. The molecule has 0 radical (unpaired) electrons. The zero-order valence-electron chi connectivity index (χ0n) is 21.5. The molecule has 2 heterocycles. The first-order chi connectivity index (χ1) is 19.5. The Kier molecular flexibility index (Phi) is 6.57. The van der Waals surface area contributed by atoms with E-state index < -0.39 is 0 Å². The lowest BCUT2D eigenvalue weighted by molar-refractivity contribution is -0.118. The number of benzene rings is 4. The lowest BCUT2D eigenvalue weighted by Gasteiger charge is -2.09. The number of unbranched alkanes of at least 4 members (excludes halogenated alkanes) is 1. The van der Waals surface area contributed by atoms with Crippen molar-refractivity contribution in [2.45, 2.75) is 25.7 Å². The van der Waals surface area contributed by atoms with E-state index in [-0.39, 0.29) is 35.5 Å². The summed E-state index contributed by atoms with van der Waals surface area (Å²) in [5.41, 5.74) is 3.87. The minimum Gasteiger partial charge on any atom is -0.354 e. The van der Waals surface area contributed by atoms with Crippen molar-refractivity contribution >= 4 is 66.8 Å². The van der Waals surface area contributed by atoms with Crippen LogP contribution in [0.15, 0.2) is 94.5 Å². The Hall–Kier alpha value is -5.24. The molecule has 6 rings (SSSR count). The molecule has 2 aromatic heterocycles. The van der Waals surface area contributed by atoms with Crippen LogP contribution in [0.25, 0.3) is 43.6 Å². The number of anilines is 2. The van der Waals surface area contributed by atoms with Crippen molar-refractivity contribution in [2.75, 3.05) is 10.6 Å². The van der Waals surface area contributed by atoms with Gasteiger partial charge in [0, 0.05) is 67.8 Å². The molecular formula is C32H26N4O4. The van der Waals surface area contributed by atoms with Gasteiger partial charge in [0.05, 0.1) is 0 Å². The van der Waals surface area contributed by atoms with Crippen LogP contribution in [0.1, 0.15) is 25.7 Å². The summed E-state index contributed by atoms with van der Waals surface area (Å²) < 4.78 is 0. The molecule has 0 unspecified atom stereocenters. The molecular weight excluding hydrogens is 504 g/mol. The SMILES string of the molecule is O=C(CCCCC(=O)Nc1ccc2[nH]c3ccccc3c(=O)c2c1)Nc1ccc2[nH]c3ccccc3c(=O)c2c1. The van der Waals surface area contributed by atoms with Gasteiger partial charge in [0.1, 0.15) is 0 Å². The van der Waals surface area contributed by atoms with Gasteiger partial charge in [-0.2, -0.15) is 0 Å². The summed E-state index contributed by atoms with van der Waals surface area (Å²) in [6.45, 7) is 0. The molecule has 8 nitrogen and oxygen atoms in total. The lowest BCUT2D eigenvalue weighted by Crippen LogP contribution is -2.14. The van der Waals surface area contributed by atoms with Crippen molar-refractivity contribution in [1.29, 1.82) is 0 Å². The Labute approximate surface area is 228 Å². The first-order valence-electron chi connectivity index (χ1n) is 13.2. The van der Waals surface area contributed by atoms with E-state index >= 15 is 0 Å². The third kappa shape index (κ3) is 4.94. The summed E-state index contributed by atoms with van der Waals surface area (Å²) in [6.07, 6.45) is 1.55. The second-order valence-corrected chi connectivity index (χ2v) is 9.82. The number of hydrogen-bond donors (Lipinski definition) is 4. The van der Waals surface area contributed by atoms with Gasteiger partial charge in [-0.25, -0.2) is 0 Å². The van der Waals surface area contributed by atoms with Crippen LogP contribution in [-0.2, 0) is 9.59 Å². The van der Waals surface area contributed by atoms with Gasteiger partial charge in [0.25, 0.3) is 0 Å². The van der Waals surface area contributed by atoms with Crippen LogP contribution in [-0.4, -0.2) is 21.8 Å². The predicted octanol–water partition coefficient (Wildman–Crippen LogP) is 5.81. The number of carbonyl (C=O) groups excluding carboxylic acids is 2. The topological polar surface area (TPSA) is 124 Å². The van der Waals surface area contributed by atoms with E-state index in [1.165, 1.54) is 0 Å². The highest BCUT2D eigenvalue weighted by molar-refractivity contribution is 5.98. The maximum atomic E-state index is 12.9. The predicted molar refractivity (Wildman–Crippen MR) is 160 cm³/mol. The number of rotatable bonds is 7. The Morgan fingerprint density at radius 1 is 0.525 bits per heavy atom. The first-order valence-corrected chi connectivity index (χ1v) is 13.2. The van der Waals surface area contributed by atoms with Crippen LogP contribution in [0.3, 0.4) is 0 Å². The van der Waals surface area contributed by atoms with Gasteiger partial charge in [-0.05, 0) is 73.5 Å². The van der Waals surface area contributed by atoms with Gasteiger partial charge in [0.2, 0.25) is 11.8 Å². The largest absolute Gasteiger partial charge is 0.354 e. The average Bonchev–Trinajstić information content (AvgIpc) is 2.96. The Bertz CT molecular complexity index is 1910. The fourth-order valence-electron chi connectivity index (χ4n) is 5.02. The number of fused-ring (bicyclic) bond motifs is 4. The summed E-state index contributed by atoms with van der Waals surface area (Å²) in [5, 5.41) is 7.91. The number of carbonyl (C=O) groups is 2. The smallest absolute Gasteiger partial charge is 0.224 e. The molecule has 6 aromatic rings. The highest BCUT2D eigenvalue weighted by Crippen LogP contribution is 2.20. The minimum atomic E-state index is -0.182. The number of amides is 2. The van der Waals surface area contributed by atoms with E-state index in [9.17, 15) is 19.2 Å². The second-order valence-electron chi connectivity index (χ2n) is 9.82. The molecule has 0 aliphatic carbocycles. The summed E-state index contributed by atoms with van der Waals surface area (Å²) in [5.74, 6) is -0.365. The van der Waals surface area contributed by atoms with Gasteiger partial charge >= 0.3 is 0 Å². The molecule has 0 aliphatic rings. The molecule has 0 spiro atoms. The van der Waals surface area contributed by atoms with Crippen LogP contribution >= 0.6 is 0 Å². The van der Waals surface area contributed by atoms with Crippen molar-refractivity contribution in [3.8, 4) is 0 Å². The van der Waals surface area contributed by atoms with Crippen molar-refractivity contribution in [3.63, 3.8) is 0 Å². The molecule has 0 bridgehead atoms. The van der Waals surface area contributed by atoms with Crippen molar-refractivity contribution in [2.24, 2.45) is 0 Å². The Morgan fingerprint density at radius 2 is 0.925 bits per heavy atom. The molecule has 0 saturated carbocycles. The number of hydrogen-bond acceptors (Lipinski definition) is 4. The van der Waals surface area contributed by atoms with Crippen molar-refractivity contribution in [3.05, 3.63) is 105 Å². The molecule has 2 amide bonds. The van der Waals surface area contributed by atoms with Gasteiger partial charge < -0.3 is 20.6 Å². The van der Waals surface area contributed by atoms with Crippen LogP contribution in [0.2, 0.25) is 0 Å². The fraction of sp³-hybridized carbons (Fsp3) is 0.125. The maximum absolute atomic E-state index is 12.9. The molecule has 4 aromatic carbocycles. The second kappa shape index (κ2) is 10.5. The number of aromatic amines is 2.